The monoisotopic (exact) mass is 258 g/mol. The summed E-state index contributed by atoms with van der Waals surface area (Å²) in [6.07, 6.45) is 1.99. The van der Waals surface area contributed by atoms with E-state index in [2.05, 4.69) is 0 Å². The maximum atomic E-state index is 11.4. The quantitative estimate of drug-likeness (QED) is 0.561. The average molecular weight is 258 g/mol. The first kappa shape index (κ1) is 16.9. The average Bonchev–Trinajstić information content (AvgIpc) is 2.06. The minimum atomic E-state index is -0.442. The van der Waals surface area contributed by atoms with Gasteiger partial charge in [-0.05, 0) is 54.4 Å². The lowest BCUT2D eigenvalue weighted by Gasteiger charge is -2.20. The Labute approximate surface area is 110 Å². The molecule has 106 valence electrons. The van der Waals surface area contributed by atoms with E-state index in [0.29, 0.717) is 25.7 Å². The van der Waals surface area contributed by atoms with E-state index in [1.165, 1.54) is 0 Å². The zero-order valence-electron chi connectivity index (χ0n) is 12.5. The van der Waals surface area contributed by atoms with E-state index < -0.39 is 11.2 Å². The minimum absolute atomic E-state index is 0.216. The summed E-state index contributed by atoms with van der Waals surface area (Å²) in [7, 11) is 0. The smallest absolute Gasteiger partial charge is 0.306 e. The molecule has 0 atom stereocenters. The molecule has 0 aromatic carbocycles. The number of carbonyl (C=O) groups is 2. The molecule has 0 heterocycles. The van der Waals surface area contributed by atoms with E-state index in [0.717, 1.165) is 0 Å². The SMILES string of the molecule is CC(C)(C)OC(=O)CCCCC(=O)OC(C)(C)C. The first-order valence-corrected chi connectivity index (χ1v) is 6.43. The van der Waals surface area contributed by atoms with Gasteiger partial charge in [0.1, 0.15) is 11.2 Å². The molecule has 0 rings (SSSR count). The molecule has 0 fully saturated rings. The van der Waals surface area contributed by atoms with E-state index in [9.17, 15) is 9.59 Å². The molecular formula is C14H26O4. The van der Waals surface area contributed by atoms with Crippen molar-refractivity contribution in [1.29, 1.82) is 0 Å². The molecule has 0 aliphatic heterocycles. The largest absolute Gasteiger partial charge is 0.460 e. The second-order valence-electron chi connectivity index (χ2n) is 6.38. The fourth-order valence-corrected chi connectivity index (χ4v) is 1.32. The van der Waals surface area contributed by atoms with Crippen molar-refractivity contribution in [2.75, 3.05) is 0 Å². The van der Waals surface area contributed by atoms with Crippen LogP contribution in [0, 0.1) is 0 Å². The third-order valence-electron chi connectivity index (χ3n) is 1.85. The Morgan fingerprint density at radius 2 is 1.00 bits per heavy atom. The van der Waals surface area contributed by atoms with Crippen LogP contribution in [-0.2, 0) is 19.1 Å². The Kier molecular flexibility index (Phi) is 6.36. The number of esters is 2. The zero-order valence-corrected chi connectivity index (χ0v) is 12.5. The summed E-state index contributed by atoms with van der Waals surface area (Å²) in [5.74, 6) is -0.432. The highest BCUT2D eigenvalue weighted by Crippen LogP contribution is 2.12. The van der Waals surface area contributed by atoms with E-state index >= 15 is 0 Å². The fraction of sp³-hybridized carbons (Fsp3) is 0.857. The highest BCUT2D eigenvalue weighted by molar-refractivity contribution is 5.71. The van der Waals surface area contributed by atoms with Crippen LogP contribution in [0.2, 0.25) is 0 Å². The van der Waals surface area contributed by atoms with E-state index in [1.807, 2.05) is 41.5 Å². The van der Waals surface area contributed by atoms with E-state index in [1.54, 1.807) is 0 Å². The van der Waals surface area contributed by atoms with Gasteiger partial charge in [-0.2, -0.15) is 0 Å². The van der Waals surface area contributed by atoms with Crippen molar-refractivity contribution >= 4 is 11.9 Å². The topological polar surface area (TPSA) is 52.6 Å². The summed E-state index contributed by atoms with van der Waals surface area (Å²) in [4.78, 5) is 22.8. The molecule has 0 radical (unpaired) electrons. The summed E-state index contributed by atoms with van der Waals surface area (Å²) in [5, 5.41) is 0. The van der Waals surface area contributed by atoms with Crippen molar-refractivity contribution < 1.29 is 19.1 Å². The molecule has 0 aliphatic rings. The molecule has 0 aliphatic carbocycles. The van der Waals surface area contributed by atoms with Gasteiger partial charge in [-0.3, -0.25) is 9.59 Å². The summed E-state index contributed by atoms with van der Waals surface area (Å²) < 4.78 is 10.3. The van der Waals surface area contributed by atoms with Crippen molar-refractivity contribution in [3.8, 4) is 0 Å². The first-order valence-electron chi connectivity index (χ1n) is 6.43. The van der Waals surface area contributed by atoms with Gasteiger partial charge in [0.2, 0.25) is 0 Å². The molecular weight excluding hydrogens is 232 g/mol. The van der Waals surface area contributed by atoms with Crippen LogP contribution in [0.5, 0.6) is 0 Å². The summed E-state index contributed by atoms with van der Waals surface area (Å²) in [6, 6.07) is 0. The Morgan fingerprint density at radius 1 is 0.722 bits per heavy atom. The molecule has 4 heteroatoms. The number of hydrogen-bond donors (Lipinski definition) is 0. The Morgan fingerprint density at radius 3 is 1.22 bits per heavy atom. The molecule has 4 nitrogen and oxygen atoms in total. The lowest BCUT2D eigenvalue weighted by atomic mass is 10.1. The Hall–Kier alpha value is -1.06. The molecule has 0 spiro atoms. The molecule has 0 unspecified atom stereocenters. The predicted octanol–water partition coefficient (Wildman–Crippen LogP) is 3.23. The number of hydrogen-bond acceptors (Lipinski definition) is 4. The molecule has 0 aromatic rings. The molecule has 0 amide bonds. The third-order valence-corrected chi connectivity index (χ3v) is 1.85. The van der Waals surface area contributed by atoms with Gasteiger partial charge >= 0.3 is 11.9 Å². The molecule has 0 saturated heterocycles. The molecule has 0 N–H and O–H groups in total. The van der Waals surface area contributed by atoms with Crippen LogP contribution in [-0.4, -0.2) is 23.1 Å². The molecule has 0 aromatic heterocycles. The molecule has 0 saturated carbocycles. The highest BCUT2D eigenvalue weighted by Gasteiger charge is 2.17. The predicted molar refractivity (Wildman–Crippen MR) is 70.2 cm³/mol. The van der Waals surface area contributed by atoms with Crippen molar-refractivity contribution in [1.82, 2.24) is 0 Å². The number of unbranched alkanes of at least 4 members (excludes halogenated alkanes) is 1. The van der Waals surface area contributed by atoms with Crippen LogP contribution >= 0.6 is 0 Å². The van der Waals surface area contributed by atoms with Gasteiger partial charge in [-0.25, -0.2) is 0 Å². The van der Waals surface area contributed by atoms with Gasteiger partial charge in [0, 0.05) is 12.8 Å². The normalized spacial score (nSPS) is 12.1. The van der Waals surface area contributed by atoms with Gasteiger partial charge in [0.25, 0.3) is 0 Å². The fourth-order valence-electron chi connectivity index (χ4n) is 1.32. The van der Waals surface area contributed by atoms with Crippen molar-refractivity contribution in [3.63, 3.8) is 0 Å². The van der Waals surface area contributed by atoms with Gasteiger partial charge < -0.3 is 9.47 Å². The second-order valence-corrected chi connectivity index (χ2v) is 6.38. The number of carbonyl (C=O) groups excluding carboxylic acids is 2. The van der Waals surface area contributed by atoms with Crippen LogP contribution in [0.3, 0.4) is 0 Å². The Balaban J connectivity index is 3.69. The van der Waals surface area contributed by atoms with Crippen LogP contribution in [0.4, 0.5) is 0 Å². The lowest BCUT2D eigenvalue weighted by molar-refractivity contribution is -0.157. The minimum Gasteiger partial charge on any atom is -0.460 e. The number of ether oxygens (including phenoxy) is 2. The van der Waals surface area contributed by atoms with Crippen LogP contribution < -0.4 is 0 Å². The highest BCUT2D eigenvalue weighted by atomic mass is 16.6. The molecule has 18 heavy (non-hydrogen) atoms. The van der Waals surface area contributed by atoms with Crippen LogP contribution in [0.1, 0.15) is 67.2 Å². The van der Waals surface area contributed by atoms with Crippen molar-refractivity contribution in [3.05, 3.63) is 0 Å². The zero-order chi connectivity index (χ0) is 14.4. The van der Waals surface area contributed by atoms with Gasteiger partial charge in [-0.15, -0.1) is 0 Å². The maximum absolute atomic E-state index is 11.4. The second kappa shape index (κ2) is 6.76. The van der Waals surface area contributed by atoms with E-state index in [-0.39, 0.29) is 11.9 Å². The lowest BCUT2D eigenvalue weighted by Crippen LogP contribution is -2.24. The summed E-state index contributed by atoms with van der Waals surface area (Å²) in [6.45, 7) is 11.0. The Bertz CT molecular complexity index is 251. The van der Waals surface area contributed by atoms with Crippen LogP contribution in [0.25, 0.3) is 0 Å². The van der Waals surface area contributed by atoms with Crippen molar-refractivity contribution in [2.24, 2.45) is 0 Å². The number of rotatable bonds is 5. The standard InChI is InChI=1S/C14H26O4/c1-13(2,3)17-11(15)9-7-8-10-12(16)18-14(4,5)6/h7-10H2,1-6H3. The third kappa shape index (κ3) is 11.4. The van der Waals surface area contributed by atoms with Crippen molar-refractivity contribution in [2.45, 2.75) is 78.4 Å². The van der Waals surface area contributed by atoms with Gasteiger partial charge in [0.05, 0.1) is 0 Å². The molecule has 0 bridgehead atoms. The van der Waals surface area contributed by atoms with Crippen LogP contribution in [0.15, 0.2) is 0 Å². The van der Waals surface area contributed by atoms with Gasteiger partial charge in [0.15, 0.2) is 0 Å². The summed E-state index contributed by atoms with van der Waals surface area (Å²) in [5.41, 5.74) is -0.884. The first-order chi connectivity index (χ1) is 7.99. The maximum Gasteiger partial charge on any atom is 0.306 e. The van der Waals surface area contributed by atoms with Gasteiger partial charge in [-0.1, -0.05) is 0 Å². The van der Waals surface area contributed by atoms with E-state index in [4.69, 9.17) is 9.47 Å². The summed E-state index contributed by atoms with van der Waals surface area (Å²) >= 11 is 0.